The Morgan fingerprint density at radius 1 is 1.22 bits per heavy atom. The second-order valence-electron chi connectivity index (χ2n) is 4.21. The molecule has 92 valence electrons. The van der Waals surface area contributed by atoms with Crippen molar-refractivity contribution in [3.8, 4) is 5.75 Å². The predicted molar refractivity (Wildman–Crippen MR) is 74.9 cm³/mol. The fraction of sp³-hybridized carbons (Fsp3) is 0.214. The molecule has 0 saturated carbocycles. The molecule has 0 aliphatic carbocycles. The summed E-state index contributed by atoms with van der Waals surface area (Å²) in [5.41, 5.74) is 2.22. The van der Waals surface area contributed by atoms with E-state index < -0.39 is 0 Å². The summed E-state index contributed by atoms with van der Waals surface area (Å²) in [6.07, 6.45) is 2.73. The SMILES string of the molecule is Brc1ncccc1NC1CCOc2ccccc21. The molecule has 4 heteroatoms. The van der Waals surface area contributed by atoms with Gasteiger partial charge in [0.05, 0.1) is 18.3 Å². The number of benzene rings is 1. The fourth-order valence-electron chi connectivity index (χ4n) is 2.17. The standard InChI is InChI=1S/C14H13BrN2O/c15-14-12(5-3-8-16-14)17-11-7-9-18-13-6-2-1-4-10(11)13/h1-6,8,11,17H,7,9H2. The lowest BCUT2D eigenvalue weighted by atomic mass is 10.0. The molecule has 0 amide bonds. The van der Waals surface area contributed by atoms with Crippen molar-refractivity contribution in [2.75, 3.05) is 11.9 Å². The lowest BCUT2D eigenvalue weighted by Crippen LogP contribution is -2.20. The zero-order chi connectivity index (χ0) is 12.4. The lowest BCUT2D eigenvalue weighted by Gasteiger charge is -2.27. The van der Waals surface area contributed by atoms with Crippen molar-refractivity contribution in [2.24, 2.45) is 0 Å². The normalized spacial score (nSPS) is 17.7. The maximum Gasteiger partial charge on any atom is 0.129 e. The van der Waals surface area contributed by atoms with Crippen molar-refractivity contribution in [3.05, 3.63) is 52.8 Å². The summed E-state index contributed by atoms with van der Waals surface area (Å²) in [7, 11) is 0. The van der Waals surface area contributed by atoms with Gasteiger partial charge in [-0.25, -0.2) is 4.98 Å². The first-order chi connectivity index (χ1) is 8.84. The second kappa shape index (κ2) is 4.98. The second-order valence-corrected chi connectivity index (χ2v) is 4.96. The van der Waals surface area contributed by atoms with Gasteiger partial charge in [0.2, 0.25) is 0 Å². The molecule has 1 atom stereocenters. The van der Waals surface area contributed by atoms with Crippen LogP contribution in [0.1, 0.15) is 18.0 Å². The Morgan fingerprint density at radius 2 is 2.11 bits per heavy atom. The highest BCUT2D eigenvalue weighted by atomic mass is 79.9. The topological polar surface area (TPSA) is 34.2 Å². The number of halogens is 1. The summed E-state index contributed by atoms with van der Waals surface area (Å²) in [4.78, 5) is 4.22. The van der Waals surface area contributed by atoms with Crippen molar-refractivity contribution in [3.63, 3.8) is 0 Å². The Bertz CT molecular complexity index is 559. The van der Waals surface area contributed by atoms with Gasteiger partial charge in [-0.1, -0.05) is 18.2 Å². The van der Waals surface area contributed by atoms with E-state index in [-0.39, 0.29) is 6.04 Å². The molecule has 1 aromatic carbocycles. The van der Waals surface area contributed by atoms with Crippen molar-refractivity contribution in [2.45, 2.75) is 12.5 Å². The van der Waals surface area contributed by atoms with Gasteiger partial charge in [-0.2, -0.15) is 0 Å². The number of hydrogen-bond donors (Lipinski definition) is 1. The van der Waals surface area contributed by atoms with Crippen LogP contribution in [0.3, 0.4) is 0 Å². The minimum absolute atomic E-state index is 0.274. The molecular formula is C14H13BrN2O. The first-order valence-electron chi connectivity index (χ1n) is 5.93. The number of rotatable bonds is 2. The smallest absolute Gasteiger partial charge is 0.129 e. The molecule has 3 nitrogen and oxygen atoms in total. The van der Waals surface area contributed by atoms with Crippen molar-refractivity contribution < 1.29 is 4.74 Å². The summed E-state index contributed by atoms with van der Waals surface area (Å²) in [5.74, 6) is 0.973. The van der Waals surface area contributed by atoms with Crippen LogP contribution in [0.4, 0.5) is 5.69 Å². The highest BCUT2D eigenvalue weighted by Crippen LogP contribution is 2.35. The lowest BCUT2D eigenvalue weighted by molar-refractivity contribution is 0.274. The molecule has 18 heavy (non-hydrogen) atoms. The molecule has 3 rings (SSSR count). The molecular weight excluding hydrogens is 292 g/mol. The minimum Gasteiger partial charge on any atom is -0.493 e. The monoisotopic (exact) mass is 304 g/mol. The molecule has 2 heterocycles. The van der Waals surface area contributed by atoms with Gasteiger partial charge >= 0.3 is 0 Å². The molecule has 2 aromatic rings. The van der Waals surface area contributed by atoms with Gasteiger partial charge in [0.25, 0.3) is 0 Å². The van der Waals surface area contributed by atoms with Crippen LogP contribution in [0.5, 0.6) is 5.75 Å². The molecule has 0 fully saturated rings. The van der Waals surface area contributed by atoms with E-state index in [1.165, 1.54) is 5.56 Å². The maximum atomic E-state index is 5.65. The van der Waals surface area contributed by atoms with Gasteiger partial charge < -0.3 is 10.1 Å². The van der Waals surface area contributed by atoms with E-state index in [9.17, 15) is 0 Å². The van der Waals surface area contributed by atoms with E-state index in [4.69, 9.17) is 4.74 Å². The van der Waals surface area contributed by atoms with Crippen LogP contribution in [-0.2, 0) is 0 Å². The van der Waals surface area contributed by atoms with Crippen molar-refractivity contribution in [1.82, 2.24) is 4.98 Å². The van der Waals surface area contributed by atoms with E-state index in [2.05, 4.69) is 32.3 Å². The first-order valence-corrected chi connectivity index (χ1v) is 6.72. The van der Waals surface area contributed by atoms with Crippen molar-refractivity contribution >= 4 is 21.6 Å². The maximum absolute atomic E-state index is 5.65. The van der Waals surface area contributed by atoms with Gasteiger partial charge in [0, 0.05) is 18.2 Å². The summed E-state index contributed by atoms with van der Waals surface area (Å²) < 4.78 is 6.50. The van der Waals surface area contributed by atoms with Gasteiger partial charge in [-0.05, 0) is 34.1 Å². The van der Waals surface area contributed by atoms with Gasteiger partial charge in [0.1, 0.15) is 10.4 Å². The Balaban J connectivity index is 1.89. The van der Waals surface area contributed by atoms with E-state index in [1.807, 2.05) is 30.3 Å². The number of hydrogen-bond acceptors (Lipinski definition) is 3. The highest BCUT2D eigenvalue weighted by Gasteiger charge is 2.21. The number of para-hydroxylation sites is 1. The zero-order valence-corrected chi connectivity index (χ0v) is 11.4. The Hall–Kier alpha value is -1.55. The molecule has 0 radical (unpaired) electrons. The van der Waals surface area contributed by atoms with E-state index >= 15 is 0 Å². The molecule has 1 unspecified atom stereocenters. The molecule has 0 spiro atoms. The number of ether oxygens (including phenoxy) is 1. The van der Waals surface area contributed by atoms with Gasteiger partial charge in [-0.3, -0.25) is 0 Å². The molecule has 1 aliphatic rings. The predicted octanol–water partition coefficient (Wildman–Crippen LogP) is 3.78. The third-order valence-corrected chi connectivity index (χ3v) is 3.68. The van der Waals surface area contributed by atoms with Crippen LogP contribution in [0.15, 0.2) is 47.2 Å². The molecule has 0 saturated heterocycles. The quantitative estimate of drug-likeness (QED) is 0.857. The minimum atomic E-state index is 0.274. The average molecular weight is 305 g/mol. The van der Waals surface area contributed by atoms with Crippen LogP contribution < -0.4 is 10.1 Å². The third kappa shape index (κ3) is 2.20. The molecule has 0 bridgehead atoms. The number of fused-ring (bicyclic) bond motifs is 1. The van der Waals surface area contributed by atoms with Crippen molar-refractivity contribution in [1.29, 1.82) is 0 Å². The fourth-order valence-corrected chi connectivity index (χ4v) is 2.54. The van der Waals surface area contributed by atoms with Gasteiger partial charge in [-0.15, -0.1) is 0 Å². The summed E-state index contributed by atoms with van der Waals surface area (Å²) in [5, 5.41) is 3.52. The van der Waals surface area contributed by atoms with Gasteiger partial charge in [0.15, 0.2) is 0 Å². The third-order valence-electron chi connectivity index (χ3n) is 3.05. The highest BCUT2D eigenvalue weighted by molar-refractivity contribution is 9.10. The number of pyridine rings is 1. The van der Waals surface area contributed by atoms with E-state index in [0.29, 0.717) is 0 Å². The Labute approximate surface area is 114 Å². The van der Waals surface area contributed by atoms with Crippen LogP contribution >= 0.6 is 15.9 Å². The number of nitrogens with one attached hydrogen (secondary N) is 1. The first kappa shape index (κ1) is 11.5. The summed E-state index contributed by atoms with van der Waals surface area (Å²) >= 11 is 3.46. The van der Waals surface area contributed by atoms with Crippen LogP contribution in [0, 0.1) is 0 Å². The number of anilines is 1. The van der Waals surface area contributed by atoms with E-state index in [0.717, 1.165) is 29.1 Å². The number of aromatic nitrogens is 1. The van der Waals surface area contributed by atoms with Crippen LogP contribution in [-0.4, -0.2) is 11.6 Å². The molecule has 1 aliphatic heterocycles. The molecule has 1 aromatic heterocycles. The van der Waals surface area contributed by atoms with Crippen LogP contribution in [0.2, 0.25) is 0 Å². The Morgan fingerprint density at radius 3 is 3.00 bits per heavy atom. The number of nitrogens with zero attached hydrogens (tertiary/aromatic N) is 1. The molecule has 1 N–H and O–H groups in total. The van der Waals surface area contributed by atoms with E-state index in [1.54, 1.807) is 6.20 Å². The Kier molecular flexibility index (Phi) is 3.19. The zero-order valence-electron chi connectivity index (χ0n) is 9.77. The summed E-state index contributed by atoms with van der Waals surface area (Å²) in [6.45, 7) is 0.743. The largest absolute Gasteiger partial charge is 0.493 e. The summed E-state index contributed by atoms with van der Waals surface area (Å²) in [6, 6.07) is 12.4. The average Bonchev–Trinajstić information content (AvgIpc) is 2.42. The van der Waals surface area contributed by atoms with Crippen LogP contribution in [0.25, 0.3) is 0 Å².